The first kappa shape index (κ1) is 22.1. The number of nitrogens with zero attached hydrogens (tertiary/aromatic N) is 2. The van der Waals surface area contributed by atoms with Crippen LogP contribution in [0.3, 0.4) is 0 Å². The van der Waals surface area contributed by atoms with Crippen molar-refractivity contribution in [2.75, 3.05) is 5.32 Å². The number of ether oxygens (including phenoxy) is 3. The van der Waals surface area contributed by atoms with Crippen LogP contribution in [0.5, 0.6) is 0 Å². The lowest BCUT2D eigenvalue weighted by molar-refractivity contribution is -0.195. The van der Waals surface area contributed by atoms with Crippen LogP contribution in [0.2, 0.25) is 0 Å². The number of aromatic nitrogens is 2. The van der Waals surface area contributed by atoms with Crippen LogP contribution in [0.4, 0.5) is 5.82 Å². The van der Waals surface area contributed by atoms with Crippen LogP contribution in [0.1, 0.15) is 46.6 Å². The minimum absolute atomic E-state index is 0.0768. The van der Waals surface area contributed by atoms with Crippen molar-refractivity contribution >= 4 is 29.6 Å². The summed E-state index contributed by atoms with van der Waals surface area (Å²) in [5.41, 5.74) is -0.689. The summed E-state index contributed by atoms with van der Waals surface area (Å²) in [6.45, 7) is 4.85. The maximum Gasteiger partial charge on any atom is 0.349 e. The molecule has 1 amide bonds. The predicted octanol–water partition coefficient (Wildman–Crippen LogP) is 0.332. The van der Waals surface area contributed by atoms with Gasteiger partial charge in [0.05, 0.1) is 6.04 Å². The van der Waals surface area contributed by atoms with Gasteiger partial charge in [0.15, 0.2) is 12.2 Å². The molecule has 0 aliphatic heterocycles. The standard InChI is InChI=1S/C18H23N3O8/c1-9(22)19-15-7-8-21(18(26)20-15)13-5-6-14(27-10(2)23)17(29-12(4)25)16(13)28-11(3)24/h7-8,13-14,16-17H,5-6H2,1-4H3,(H,19,20,22,26). The van der Waals surface area contributed by atoms with Gasteiger partial charge in [-0.05, 0) is 18.9 Å². The molecule has 4 unspecified atom stereocenters. The van der Waals surface area contributed by atoms with Crippen molar-refractivity contribution < 1.29 is 33.4 Å². The number of carbonyl (C=O) groups is 4. The van der Waals surface area contributed by atoms with Gasteiger partial charge in [-0.1, -0.05) is 0 Å². The van der Waals surface area contributed by atoms with Gasteiger partial charge >= 0.3 is 23.6 Å². The van der Waals surface area contributed by atoms with Gasteiger partial charge in [0.25, 0.3) is 0 Å². The molecular formula is C18H23N3O8. The molecule has 29 heavy (non-hydrogen) atoms. The first-order chi connectivity index (χ1) is 13.6. The summed E-state index contributed by atoms with van der Waals surface area (Å²) in [7, 11) is 0. The number of rotatable bonds is 5. The minimum atomic E-state index is -1.10. The Labute approximate surface area is 166 Å². The molecule has 0 saturated heterocycles. The van der Waals surface area contributed by atoms with E-state index >= 15 is 0 Å². The third kappa shape index (κ3) is 5.87. The molecule has 0 aromatic carbocycles. The number of carbonyl (C=O) groups excluding carboxylic acids is 4. The van der Waals surface area contributed by atoms with Crippen LogP contribution >= 0.6 is 0 Å². The van der Waals surface area contributed by atoms with Crippen LogP contribution < -0.4 is 11.0 Å². The number of hydrogen-bond donors (Lipinski definition) is 1. The molecule has 11 nitrogen and oxygen atoms in total. The van der Waals surface area contributed by atoms with Gasteiger partial charge < -0.3 is 19.5 Å². The lowest BCUT2D eigenvalue weighted by Gasteiger charge is -2.41. The Morgan fingerprint density at radius 2 is 1.55 bits per heavy atom. The first-order valence-electron chi connectivity index (χ1n) is 8.97. The molecule has 158 valence electrons. The van der Waals surface area contributed by atoms with Crippen LogP contribution in [-0.4, -0.2) is 51.7 Å². The highest BCUT2D eigenvalue weighted by Gasteiger charge is 2.46. The van der Waals surface area contributed by atoms with Gasteiger partial charge in [0.1, 0.15) is 11.9 Å². The van der Waals surface area contributed by atoms with E-state index in [1.807, 2.05) is 0 Å². The molecule has 0 spiro atoms. The molecule has 1 saturated carbocycles. The largest absolute Gasteiger partial charge is 0.458 e. The number of nitrogens with one attached hydrogen (secondary N) is 1. The van der Waals surface area contributed by atoms with Crippen LogP contribution in [0.15, 0.2) is 17.1 Å². The molecule has 1 fully saturated rings. The normalized spacial score (nSPS) is 23.6. The average Bonchev–Trinajstić information content (AvgIpc) is 2.57. The summed E-state index contributed by atoms with van der Waals surface area (Å²) in [6.07, 6.45) is -1.06. The second-order valence-electron chi connectivity index (χ2n) is 6.62. The maximum absolute atomic E-state index is 12.5. The van der Waals surface area contributed by atoms with Crippen LogP contribution in [-0.2, 0) is 33.4 Å². The molecular weight excluding hydrogens is 386 g/mol. The van der Waals surface area contributed by atoms with Gasteiger partial charge in [0.2, 0.25) is 5.91 Å². The Morgan fingerprint density at radius 3 is 2.07 bits per heavy atom. The van der Waals surface area contributed by atoms with E-state index in [0.717, 1.165) is 0 Å². The molecule has 1 aromatic rings. The molecule has 4 atom stereocenters. The van der Waals surface area contributed by atoms with Crippen molar-refractivity contribution in [2.45, 2.75) is 64.9 Å². The summed E-state index contributed by atoms with van der Waals surface area (Å²) in [4.78, 5) is 62.2. The van der Waals surface area contributed by atoms with E-state index in [1.54, 1.807) is 0 Å². The quantitative estimate of drug-likeness (QED) is 0.537. The van der Waals surface area contributed by atoms with Crippen molar-refractivity contribution in [3.63, 3.8) is 0 Å². The number of esters is 3. The van der Waals surface area contributed by atoms with E-state index in [4.69, 9.17) is 14.2 Å². The average molecular weight is 409 g/mol. The Balaban J connectivity index is 2.43. The SMILES string of the molecule is CC(=O)Nc1ccn(C2CCC(OC(C)=O)C(OC(C)=O)C2OC(C)=O)c(=O)n1. The summed E-state index contributed by atoms with van der Waals surface area (Å²) in [5, 5.41) is 2.41. The highest BCUT2D eigenvalue weighted by molar-refractivity contribution is 5.87. The van der Waals surface area contributed by atoms with Crippen LogP contribution in [0.25, 0.3) is 0 Å². The van der Waals surface area contributed by atoms with E-state index in [9.17, 15) is 24.0 Å². The van der Waals surface area contributed by atoms with Gasteiger partial charge in [-0.25, -0.2) is 4.79 Å². The highest BCUT2D eigenvalue weighted by Crippen LogP contribution is 2.34. The van der Waals surface area contributed by atoms with Crippen molar-refractivity contribution in [1.29, 1.82) is 0 Å². The number of hydrogen-bond acceptors (Lipinski definition) is 9. The van der Waals surface area contributed by atoms with E-state index < -0.39 is 48.0 Å². The Bertz CT molecular complexity index is 865. The number of amides is 1. The van der Waals surface area contributed by atoms with Crippen molar-refractivity contribution in [3.8, 4) is 0 Å². The van der Waals surface area contributed by atoms with E-state index in [0.29, 0.717) is 0 Å². The van der Waals surface area contributed by atoms with Gasteiger partial charge in [-0.2, -0.15) is 4.98 Å². The smallest absolute Gasteiger partial charge is 0.349 e. The molecule has 1 aromatic heterocycles. The van der Waals surface area contributed by atoms with E-state index in [-0.39, 0.29) is 24.6 Å². The second-order valence-corrected chi connectivity index (χ2v) is 6.62. The summed E-state index contributed by atoms with van der Waals surface area (Å²) in [5.74, 6) is -2.20. The fourth-order valence-electron chi connectivity index (χ4n) is 3.32. The molecule has 11 heteroatoms. The lowest BCUT2D eigenvalue weighted by atomic mass is 9.86. The number of anilines is 1. The summed E-state index contributed by atoms with van der Waals surface area (Å²) < 4.78 is 17.1. The zero-order valence-electron chi connectivity index (χ0n) is 16.5. The van der Waals surface area contributed by atoms with Gasteiger partial charge in [-0.3, -0.25) is 23.7 Å². The minimum Gasteiger partial charge on any atom is -0.458 e. The summed E-state index contributed by atoms with van der Waals surface area (Å²) in [6, 6.07) is 0.702. The second kappa shape index (κ2) is 9.30. The zero-order valence-corrected chi connectivity index (χ0v) is 16.5. The van der Waals surface area contributed by atoms with Crippen molar-refractivity contribution in [3.05, 3.63) is 22.7 Å². The molecule has 1 aliphatic rings. The molecule has 1 heterocycles. The highest BCUT2D eigenvalue weighted by atomic mass is 16.6. The molecule has 0 bridgehead atoms. The van der Waals surface area contributed by atoms with Gasteiger partial charge in [0, 0.05) is 33.9 Å². The van der Waals surface area contributed by atoms with Crippen molar-refractivity contribution in [1.82, 2.24) is 9.55 Å². The lowest BCUT2D eigenvalue weighted by Crippen LogP contribution is -2.53. The Kier molecular flexibility index (Phi) is 7.08. The molecule has 0 radical (unpaired) electrons. The third-order valence-electron chi connectivity index (χ3n) is 4.23. The Morgan fingerprint density at radius 1 is 0.966 bits per heavy atom. The zero-order chi connectivity index (χ0) is 21.7. The molecule has 1 aliphatic carbocycles. The molecule has 2 rings (SSSR count). The first-order valence-corrected chi connectivity index (χ1v) is 8.97. The maximum atomic E-state index is 12.5. The van der Waals surface area contributed by atoms with Crippen LogP contribution in [0, 0.1) is 0 Å². The predicted molar refractivity (Wildman–Crippen MR) is 97.7 cm³/mol. The molecule has 1 N–H and O–H groups in total. The fraction of sp³-hybridized carbons (Fsp3) is 0.556. The van der Waals surface area contributed by atoms with E-state index in [2.05, 4.69) is 10.3 Å². The van der Waals surface area contributed by atoms with Gasteiger partial charge in [-0.15, -0.1) is 0 Å². The summed E-state index contributed by atoms with van der Waals surface area (Å²) >= 11 is 0. The fourth-order valence-corrected chi connectivity index (χ4v) is 3.32. The third-order valence-corrected chi connectivity index (χ3v) is 4.23. The van der Waals surface area contributed by atoms with E-state index in [1.165, 1.54) is 44.5 Å². The van der Waals surface area contributed by atoms with Crippen molar-refractivity contribution in [2.24, 2.45) is 0 Å². The Hall–Kier alpha value is -3.24. The topological polar surface area (TPSA) is 143 Å². The monoisotopic (exact) mass is 409 g/mol.